The second kappa shape index (κ2) is 7.32. The molecule has 0 aliphatic carbocycles. The van der Waals surface area contributed by atoms with Gasteiger partial charge in [-0.3, -0.25) is 14.6 Å². The maximum Gasteiger partial charge on any atom is 0.243 e. The smallest absolute Gasteiger partial charge is 0.243 e. The summed E-state index contributed by atoms with van der Waals surface area (Å²) < 4.78 is 10.2. The number of nitrogens with zero attached hydrogens (tertiary/aromatic N) is 5. The number of anilines is 1. The third-order valence-corrected chi connectivity index (χ3v) is 4.60. The summed E-state index contributed by atoms with van der Waals surface area (Å²) in [5.74, 6) is 2.32. The molecule has 3 rings (SSSR count). The van der Waals surface area contributed by atoms with Gasteiger partial charge in [-0.1, -0.05) is 10.3 Å². The zero-order chi connectivity index (χ0) is 18.0. The van der Waals surface area contributed by atoms with E-state index in [1.165, 1.54) is 0 Å². The van der Waals surface area contributed by atoms with Crippen LogP contribution in [-0.2, 0) is 4.79 Å². The maximum atomic E-state index is 12.4. The highest BCUT2D eigenvalue weighted by molar-refractivity contribution is 5.93. The number of carbonyl (C=O) groups excluding carboxylic acids is 1. The van der Waals surface area contributed by atoms with Crippen molar-refractivity contribution in [2.24, 2.45) is 0 Å². The summed E-state index contributed by atoms with van der Waals surface area (Å²) in [5, 5.41) is 10.4. The fourth-order valence-electron chi connectivity index (χ4n) is 2.97. The van der Waals surface area contributed by atoms with Crippen LogP contribution in [0.2, 0.25) is 0 Å². The van der Waals surface area contributed by atoms with Gasteiger partial charge in [-0.15, -0.1) is 0 Å². The number of hydrogen-bond acceptors (Lipinski definition) is 8. The first-order valence-corrected chi connectivity index (χ1v) is 8.46. The Labute approximate surface area is 146 Å². The van der Waals surface area contributed by atoms with Crippen LogP contribution in [0.25, 0.3) is 0 Å². The van der Waals surface area contributed by atoms with Gasteiger partial charge in [0.25, 0.3) is 0 Å². The minimum atomic E-state index is -0.236. The van der Waals surface area contributed by atoms with Crippen LogP contribution in [0, 0.1) is 13.8 Å². The predicted molar refractivity (Wildman–Crippen MR) is 89.9 cm³/mol. The molecule has 1 amide bonds. The van der Waals surface area contributed by atoms with E-state index in [1.807, 2.05) is 13.8 Å². The lowest BCUT2D eigenvalue weighted by molar-refractivity contribution is -0.121. The van der Waals surface area contributed by atoms with Crippen LogP contribution < -0.4 is 5.32 Å². The molecule has 0 saturated carbocycles. The number of carbonyl (C=O) groups is 1. The van der Waals surface area contributed by atoms with Gasteiger partial charge in [0.15, 0.2) is 11.6 Å². The van der Waals surface area contributed by atoms with Gasteiger partial charge in [0.2, 0.25) is 11.8 Å². The second-order valence-corrected chi connectivity index (χ2v) is 6.42. The molecule has 0 aromatic carbocycles. The van der Waals surface area contributed by atoms with E-state index in [0.29, 0.717) is 23.3 Å². The summed E-state index contributed by atoms with van der Waals surface area (Å²) in [6.45, 7) is 10.8. The minimum absolute atomic E-state index is 0.0746. The molecule has 0 unspecified atom stereocenters. The van der Waals surface area contributed by atoms with Crippen molar-refractivity contribution in [2.45, 2.75) is 39.8 Å². The molecule has 2 atom stereocenters. The van der Waals surface area contributed by atoms with E-state index in [1.54, 1.807) is 13.0 Å². The summed E-state index contributed by atoms with van der Waals surface area (Å²) in [6, 6.07) is 1.54. The molecule has 2 aromatic rings. The summed E-state index contributed by atoms with van der Waals surface area (Å²) in [4.78, 5) is 21.1. The van der Waals surface area contributed by atoms with Crippen LogP contribution in [0.3, 0.4) is 0 Å². The Morgan fingerprint density at radius 2 is 1.80 bits per heavy atom. The Balaban J connectivity index is 1.51. The van der Waals surface area contributed by atoms with E-state index >= 15 is 0 Å². The van der Waals surface area contributed by atoms with E-state index in [2.05, 4.69) is 37.3 Å². The number of amides is 1. The van der Waals surface area contributed by atoms with E-state index < -0.39 is 0 Å². The Morgan fingerprint density at radius 1 is 1.12 bits per heavy atom. The molecule has 1 aliphatic heterocycles. The van der Waals surface area contributed by atoms with Crippen LogP contribution >= 0.6 is 0 Å². The molecular weight excluding hydrogens is 324 g/mol. The van der Waals surface area contributed by atoms with Crippen LogP contribution in [0.5, 0.6) is 0 Å². The summed E-state index contributed by atoms with van der Waals surface area (Å²) in [6.07, 6.45) is 0. The number of aryl methyl sites for hydroxylation is 2. The van der Waals surface area contributed by atoms with Crippen LogP contribution in [0.15, 0.2) is 15.1 Å². The Kier molecular flexibility index (Phi) is 5.14. The molecule has 1 aliphatic rings. The molecule has 136 valence electrons. The minimum Gasteiger partial charge on any atom is -0.360 e. The first kappa shape index (κ1) is 17.6. The molecule has 0 spiro atoms. The standard InChI is InChI=1S/C16H24N6O3/c1-10-9-14(20-24-10)18-15(23)11(2)21-5-7-22(8-6-21)12(3)16-17-13(4)19-25-16/h9,11-12H,5-8H2,1-4H3,(H,18,20,23)/t11-,12+/m1/s1. The third-order valence-electron chi connectivity index (χ3n) is 4.60. The molecule has 1 N–H and O–H groups in total. The van der Waals surface area contributed by atoms with Crippen molar-refractivity contribution in [1.82, 2.24) is 25.1 Å². The van der Waals surface area contributed by atoms with Gasteiger partial charge in [0.1, 0.15) is 5.76 Å². The van der Waals surface area contributed by atoms with Gasteiger partial charge >= 0.3 is 0 Å². The van der Waals surface area contributed by atoms with Crippen molar-refractivity contribution in [1.29, 1.82) is 0 Å². The molecule has 3 heterocycles. The molecule has 0 radical (unpaired) electrons. The van der Waals surface area contributed by atoms with E-state index in [9.17, 15) is 4.79 Å². The fourth-order valence-corrected chi connectivity index (χ4v) is 2.97. The fraction of sp³-hybridized carbons (Fsp3) is 0.625. The number of aromatic nitrogens is 3. The van der Waals surface area contributed by atoms with Crippen molar-refractivity contribution < 1.29 is 13.8 Å². The van der Waals surface area contributed by atoms with Gasteiger partial charge in [-0.05, 0) is 27.7 Å². The Morgan fingerprint density at radius 3 is 2.36 bits per heavy atom. The van der Waals surface area contributed by atoms with E-state index in [0.717, 1.165) is 26.2 Å². The Bertz CT molecular complexity index is 719. The maximum absolute atomic E-state index is 12.4. The largest absolute Gasteiger partial charge is 0.360 e. The summed E-state index contributed by atoms with van der Waals surface area (Å²) in [7, 11) is 0. The molecule has 9 heteroatoms. The van der Waals surface area contributed by atoms with Crippen LogP contribution in [0.4, 0.5) is 5.82 Å². The van der Waals surface area contributed by atoms with Crippen LogP contribution in [0.1, 0.15) is 37.4 Å². The lowest BCUT2D eigenvalue weighted by atomic mass is 10.2. The third kappa shape index (κ3) is 4.05. The second-order valence-electron chi connectivity index (χ2n) is 6.42. The SMILES string of the molecule is Cc1noc([C@H](C)N2CCN([C@H](C)C(=O)Nc3cc(C)on3)CC2)n1. The lowest BCUT2D eigenvalue weighted by Crippen LogP contribution is -2.53. The van der Waals surface area contributed by atoms with Gasteiger partial charge in [-0.25, -0.2) is 0 Å². The average Bonchev–Trinajstić information content (AvgIpc) is 3.22. The van der Waals surface area contributed by atoms with Gasteiger partial charge in [-0.2, -0.15) is 4.98 Å². The molecule has 2 aromatic heterocycles. The van der Waals surface area contributed by atoms with Crippen molar-refractivity contribution in [3.05, 3.63) is 23.5 Å². The molecule has 0 bridgehead atoms. The highest BCUT2D eigenvalue weighted by Gasteiger charge is 2.29. The summed E-state index contributed by atoms with van der Waals surface area (Å²) in [5.41, 5.74) is 0. The molecule has 9 nitrogen and oxygen atoms in total. The first-order valence-electron chi connectivity index (χ1n) is 8.46. The molecule has 1 saturated heterocycles. The van der Waals surface area contributed by atoms with Crippen molar-refractivity contribution >= 4 is 11.7 Å². The number of rotatable bonds is 5. The van der Waals surface area contributed by atoms with Crippen molar-refractivity contribution in [2.75, 3.05) is 31.5 Å². The van der Waals surface area contributed by atoms with Gasteiger partial charge < -0.3 is 14.4 Å². The molecule has 1 fully saturated rings. The zero-order valence-electron chi connectivity index (χ0n) is 15.0. The van der Waals surface area contributed by atoms with Crippen LogP contribution in [-0.4, -0.2) is 63.2 Å². The first-order chi connectivity index (χ1) is 11.9. The number of nitrogens with one attached hydrogen (secondary N) is 1. The predicted octanol–water partition coefficient (Wildman–Crippen LogP) is 1.38. The molecular formula is C16H24N6O3. The quantitative estimate of drug-likeness (QED) is 0.865. The topological polar surface area (TPSA) is 101 Å². The van der Waals surface area contributed by atoms with Gasteiger partial charge in [0.05, 0.1) is 12.1 Å². The number of piperazine rings is 1. The van der Waals surface area contributed by atoms with Crippen molar-refractivity contribution in [3.8, 4) is 0 Å². The van der Waals surface area contributed by atoms with E-state index in [-0.39, 0.29) is 18.0 Å². The monoisotopic (exact) mass is 348 g/mol. The van der Waals surface area contributed by atoms with Gasteiger partial charge in [0, 0.05) is 32.2 Å². The van der Waals surface area contributed by atoms with Crippen molar-refractivity contribution in [3.63, 3.8) is 0 Å². The lowest BCUT2D eigenvalue weighted by Gasteiger charge is -2.38. The molecule has 25 heavy (non-hydrogen) atoms. The number of hydrogen-bond donors (Lipinski definition) is 1. The average molecular weight is 348 g/mol. The normalized spacial score (nSPS) is 18.9. The zero-order valence-corrected chi connectivity index (χ0v) is 15.0. The Hall–Kier alpha value is -2.26. The van der Waals surface area contributed by atoms with E-state index in [4.69, 9.17) is 9.05 Å². The highest BCUT2D eigenvalue weighted by Crippen LogP contribution is 2.21. The highest BCUT2D eigenvalue weighted by atomic mass is 16.5. The summed E-state index contributed by atoms with van der Waals surface area (Å²) >= 11 is 0.